The van der Waals surface area contributed by atoms with E-state index < -0.39 is 0 Å². The van der Waals surface area contributed by atoms with E-state index in [-0.39, 0.29) is 18.2 Å². The molecule has 1 aliphatic rings. The second-order valence-corrected chi connectivity index (χ2v) is 9.94. The van der Waals surface area contributed by atoms with Crippen molar-refractivity contribution >= 4 is 10.8 Å². The van der Waals surface area contributed by atoms with E-state index in [2.05, 4.69) is 19.1 Å². The van der Waals surface area contributed by atoms with Crippen LogP contribution in [0.3, 0.4) is 0 Å². The quantitative estimate of drug-likeness (QED) is 0.230. The molecule has 0 aromatic heterocycles. The third-order valence-corrected chi connectivity index (χ3v) is 7.07. The zero-order valence-electron chi connectivity index (χ0n) is 21.9. The summed E-state index contributed by atoms with van der Waals surface area (Å²) in [6.45, 7) is 4.15. The zero-order chi connectivity index (χ0) is 25.9. The normalized spacial score (nSPS) is 17.6. The van der Waals surface area contributed by atoms with Gasteiger partial charge in [0.05, 0.1) is 24.8 Å². The number of hydrogen-bond acceptors (Lipinski definition) is 4. The van der Waals surface area contributed by atoms with Crippen molar-refractivity contribution in [2.75, 3.05) is 19.8 Å². The first kappa shape index (κ1) is 27.3. The molecule has 4 rings (SSSR count). The Morgan fingerprint density at radius 2 is 1.65 bits per heavy atom. The van der Waals surface area contributed by atoms with Crippen LogP contribution < -0.4 is 0 Å². The minimum Gasteiger partial charge on any atom is -0.373 e. The average molecular weight is 504 g/mol. The van der Waals surface area contributed by atoms with E-state index in [4.69, 9.17) is 19.5 Å². The van der Waals surface area contributed by atoms with Gasteiger partial charge < -0.3 is 14.2 Å². The molecule has 1 heterocycles. The van der Waals surface area contributed by atoms with Crippen molar-refractivity contribution in [2.24, 2.45) is 0 Å². The van der Waals surface area contributed by atoms with Gasteiger partial charge >= 0.3 is 0 Å². The molecular weight excluding hydrogens is 465 g/mol. The topological polar surface area (TPSA) is 51.5 Å². The van der Waals surface area contributed by atoms with Gasteiger partial charge in [-0.3, -0.25) is 0 Å². The number of unbranched alkanes of at least 4 members (excludes halogenated alkanes) is 4. The first-order valence-corrected chi connectivity index (χ1v) is 13.7. The monoisotopic (exact) mass is 503 g/mol. The Kier molecular flexibility index (Phi) is 10.5. The molecule has 1 aliphatic heterocycles. The highest BCUT2D eigenvalue weighted by atomic mass is 19.1. The molecule has 0 radical (unpaired) electrons. The maximum Gasteiger partial charge on any atom is 0.158 e. The van der Waals surface area contributed by atoms with Crippen molar-refractivity contribution in [1.82, 2.24) is 0 Å². The van der Waals surface area contributed by atoms with E-state index in [1.54, 1.807) is 12.1 Å². The summed E-state index contributed by atoms with van der Waals surface area (Å²) in [5, 5.41) is 10.5. The van der Waals surface area contributed by atoms with Crippen LogP contribution in [0.15, 0.2) is 54.6 Å². The first-order valence-electron chi connectivity index (χ1n) is 13.7. The van der Waals surface area contributed by atoms with Crippen molar-refractivity contribution in [3.8, 4) is 6.07 Å². The third-order valence-electron chi connectivity index (χ3n) is 7.07. The zero-order valence-corrected chi connectivity index (χ0v) is 21.9. The van der Waals surface area contributed by atoms with Gasteiger partial charge in [0.25, 0.3) is 0 Å². The van der Waals surface area contributed by atoms with Crippen molar-refractivity contribution in [3.63, 3.8) is 0 Å². The molecule has 196 valence electrons. The number of nitriles is 1. The number of aryl methyl sites for hydroxylation is 3. The summed E-state index contributed by atoms with van der Waals surface area (Å²) < 4.78 is 32.9. The SMILES string of the molecule is CCCCCCCOC1COC(CCc2ccc3c(F)c(CCc4ccc(C#N)cc4)ccc3c2)OC1. The van der Waals surface area contributed by atoms with E-state index in [0.29, 0.717) is 36.1 Å². The number of benzene rings is 3. The van der Waals surface area contributed by atoms with Gasteiger partial charge in [-0.1, -0.05) is 75.1 Å². The van der Waals surface area contributed by atoms with Gasteiger partial charge in [-0.05, 0) is 59.9 Å². The predicted molar refractivity (Wildman–Crippen MR) is 145 cm³/mol. The summed E-state index contributed by atoms with van der Waals surface area (Å²) in [7, 11) is 0. The summed E-state index contributed by atoms with van der Waals surface area (Å²) in [6.07, 6.45) is 8.89. The molecule has 0 saturated carbocycles. The van der Waals surface area contributed by atoms with Crippen LogP contribution in [0.4, 0.5) is 4.39 Å². The van der Waals surface area contributed by atoms with Crippen LogP contribution in [-0.2, 0) is 33.5 Å². The van der Waals surface area contributed by atoms with Crippen molar-refractivity contribution < 1.29 is 18.6 Å². The van der Waals surface area contributed by atoms with Crippen molar-refractivity contribution in [1.29, 1.82) is 5.26 Å². The largest absolute Gasteiger partial charge is 0.373 e. The minimum atomic E-state index is -0.221. The van der Waals surface area contributed by atoms with Crippen LogP contribution in [0.5, 0.6) is 0 Å². The van der Waals surface area contributed by atoms with E-state index in [9.17, 15) is 0 Å². The molecule has 3 aromatic rings. The summed E-state index contributed by atoms with van der Waals surface area (Å²) >= 11 is 0. The Labute approximate surface area is 220 Å². The highest BCUT2D eigenvalue weighted by Crippen LogP contribution is 2.25. The lowest BCUT2D eigenvalue weighted by molar-refractivity contribution is -0.227. The highest BCUT2D eigenvalue weighted by molar-refractivity contribution is 5.84. The molecule has 0 amide bonds. The number of halogens is 1. The summed E-state index contributed by atoms with van der Waals surface area (Å²) in [5.74, 6) is -0.145. The third kappa shape index (κ3) is 8.10. The van der Waals surface area contributed by atoms with Gasteiger partial charge in [0, 0.05) is 18.4 Å². The Balaban J connectivity index is 1.22. The second kappa shape index (κ2) is 14.2. The maximum atomic E-state index is 15.2. The van der Waals surface area contributed by atoms with Crippen LogP contribution in [0.25, 0.3) is 10.8 Å². The molecule has 0 aliphatic carbocycles. The van der Waals surface area contributed by atoms with Gasteiger partial charge in [0.2, 0.25) is 0 Å². The average Bonchev–Trinajstić information content (AvgIpc) is 2.94. The highest BCUT2D eigenvalue weighted by Gasteiger charge is 2.22. The molecule has 5 heteroatoms. The van der Waals surface area contributed by atoms with E-state index in [1.165, 1.54) is 25.7 Å². The lowest BCUT2D eigenvalue weighted by Gasteiger charge is -2.29. The Hall–Kier alpha value is -2.78. The molecule has 3 aromatic carbocycles. The molecule has 0 atom stereocenters. The maximum absolute atomic E-state index is 15.2. The van der Waals surface area contributed by atoms with Crippen LogP contribution in [-0.4, -0.2) is 32.2 Å². The van der Waals surface area contributed by atoms with Crippen LogP contribution in [0.2, 0.25) is 0 Å². The number of fused-ring (bicyclic) bond motifs is 1. The number of ether oxygens (including phenoxy) is 3. The molecule has 0 spiro atoms. The Bertz CT molecular complexity index is 1160. The number of nitrogens with zero attached hydrogens (tertiary/aromatic N) is 1. The van der Waals surface area contributed by atoms with Gasteiger partial charge in [-0.25, -0.2) is 4.39 Å². The van der Waals surface area contributed by atoms with Crippen LogP contribution >= 0.6 is 0 Å². The number of rotatable bonds is 13. The molecular formula is C32H38FNO3. The molecule has 1 saturated heterocycles. The second-order valence-electron chi connectivity index (χ2n) is 9.94. The van der Waals surface area contributed by atoms with E-state index in [0.717, 1.165) is 48.8 Å². The standard InChI is InChI=1S/C32H38FNO3/c1-2-3-4-5-6-19-35-29-22-36-31(37-23-29)18-13-25-12-17-30-28(20-25)16-15-27(32(30)33)14-11-24-7-9-26(21-34)10-8-24/h7-10,12,15-17,20,29,31H,2-6,11,13-14,18-19,22-23H2,1H3. The van der Waals surface area contributed by atoms with Crippen molar-refractivity contribution in [2.45, 2.75) is 77.1 Å². The summed E-state index contributed by atoms with van der Waals surface area (Å²) in [6, 6.07) is 19.5. The lowest BCUT2D eigenvalue weighted by Crippen LogP contribution is -2.37. The Morgan fingerprint density at radius 3 is 2.41 bits per heavy atom. The van der Waals surface area contributed by atoms with Gasteiger partial charge in [0.1, 0.15) is 11.9 Å². The van der Waals surface area contributed by atoms with Gasteiger partial charge in [0.15, 0.2) is 6.29 Å². The van der Waals surface area contributed by atoms with Gasteiger partial charge in [-0.2, -0.15) is 5.26 Å². The van der Waals surface area contributed by atoms with E-state index in [1.807, 2.05) is 36.4 Å². The minimum absolute atomic E-state index is 0.0252. The van der Waals surface area contributed by atoms with E-state index >= 15 is 4.39 Å². The molecule has 1 fully saturated rings. The molecule has 0 unspecified atom stereocenters. The number of hydrogen-bond donors (Lipinski definition) is 0. The molecule has 0 N–H and O–H groups in total. The van der Waals surface area contributed by atoms with Crippen LogP contribution in [0, 0.1) is 17.1 Å². The predicted octanol–water partition coefficient (Wildman–Crippen LogP) is 7.30. The smallest absolute Gasteiger partial charge is 0.158 e. The fourth-order valence-corrected chi connectivity index (χ4v) is 4.79. The van der Waals surface area contributed by atoms with Gasteiger partial charge in [-0.15, -0.1) is 0 Å². The molecule has 4 nitrogen and oxygen atoms in total. The Morgan fingerprint density at radius 1 is 0.892 bits per heavy atom. The fraction of sp³-hybridized carbons (Fsp3) is 0.469. The van der Waals surface area contributed by atoms with Crippen molar-refractivity contribution in [3.05, 3.63) is 82.7 Å². The molecule has 0 bridgehead atoms. The summed E-state index contributed by atoms with van der Waals surface area (Å²) in [5.41, 5.74) is 3.60. The summed E-state index contributed by atoms with van der Waals surface area (Å²) in [4.78, 5) is 0. The first-order chi connectivity index (χ1) is 18.2. The van der Waals surface area contributed by atoms with Crippen LogP contribution in [0.1, 0.15) is 67.7 Å². The fourth-order valence-electron chi connectivity index (χ4n) is 4.79. The molecule has 37 heavy (non-hydrogen) atoms. The lowest BCUT2D eigenvalue weighted by atomic mass is 9.98.